The molecule has 2 N–H and O–H groups in total. The third-order valence-electron chi connectivity index (χ3n) is 5.09. The van der Waals surface area contributed by atoms with Crippen molar-refractivity contribution in [2.45, 2.75) is 50.9 Å². The van der Waals surface area contributed by atoms with Gasteiger partial charge >= 0.3 is 0 Å². The SMILES string of the molecule is OCC1OC(O)C(C2CCC2)C1C1CCC1. The van der Waals surface area contributed by atoms with E-state index in [1.165, 1.54) is 38.5 Å². The summed E-state index contributed by atoms with van der Waals surface area (Å²) in [4.78, 5) is 0. The van der Waals surface area contributed by atoms with E-state index >= 15 is 0 Å². The second kappa shape index (κ2) is 4.28. The lowest BCUT2D eigenvalue weighted by Gasteiger charge is -2.42. The molecule has 0 bridgehead atoms. The Morgan fingerprint density at radius 3 is 1.94 bits per heavy atom. The molecule has 3 aliphatic rings. The van der Waals surface area contributed by atoms with Crippen LogP contribution in [0.15, 0.2) is 0 Å². The molecule has 16 heavy (non-hydrogen) atoms. The fourth-order valence-electron chi connectivity index (χ4n) is 3.78. The number of hydrogen-bond donors (Lipinski definition) is 2. The van der Waals surface area contributed by atoms with Crippen LogP contribution >= 0.6 is 0 Å². The van der Waals surface area contributed by atoms with Gasteiger partial charge in [-0.05, 0) is 30.6 Å². The van der Waals surface area contributed by atoms with Gasteiger partial charge in [0.1, 0.15) is 0 Å². The van der Waals surface area contributed by atoms with Gasteiger partial charge in [0.05, 0.1) is 12.7 Å². The van der Waals surface area contributed by atoms with E-state index in [1.807, 2.05) is 0 Å². The second-order valence-electron chi connectivity index (χ2n) is 5.78. The Labute approximate surface area is 96.8 Å². The molecular formula is C13H22O3. The molecule has 3 nitrogen and oxygen atoms in total. The standard InChI is InChI=1S/C13H22O3/c14-7-10-11(8-3-1-4-8)12(13(15)16-10)9-5-2-6-9/h8-15H,1-7H2. The molecule has 1 saturated heterocycles. The van der Waals surface area contributed by atoms with E-state index in [-0.39, 0.29) is 12.7 Å². The van der Waals surface area contributed by atoms with Gasteiger partial charge in [-0.25, -0.2) is 0 Å². The van der Waals surface area contributed by atoms with Crippen molar-refractivity contribution in [1.29, 1.82) is 0 Å². The summed E-state index contributed by atoms with van der Waals surface area (Å²) in [5.41, 5.74) is 0. The normalized spacial score (nSPS) is 45.4. The number of aliphatic hydroxyl groups excluding tert-OH is 2. The molecule has 3 fully saturated rings. The van der Waals surface area contributed by atoms with E-state index in [1.54, 1.807) is 0 Å². The molecule has 3 rings (SSSR count). The molecule has 0 aromatic rings. The van der Waals surface area contributed by atoms with Gasteiger partial charge in [0.15, 0.2) is 6.29 Å². The van der Waals surface area contributed by atoms with Crippen molar-refractivity contribution in [2.24, 2.45) is 23.7 Å². The number of ether oxygens (including phenoxy) is 1. The van der Waals surface area contributed by atoms with Gasteiger partial charge in [-0.15, -0.1) is 0 Å². The lowest BCUT2D eigenvalue weighted by molar-refractivity contribution is -0.127. The number of aliphatic hydroxyl groups is 2. The van der Waals surface area contributed by atoms with Crippen molar-refractivity contribution in [1.82, 2.24) is 0 Å². The molecule has 92 valence electrons. The molecule has 4 unspecified atom stereocenters. The van der Waals surface area contributed by atoms with E-state index in [0.717, 1.165) is 0 Å². The van der Waals surface area contributed by atoms with Gasteiger partial charge in [0, 0.05) is 5.92 Å². The molecule has 1 heterocycles. The first-order valence-electron chi connectivity index (χ1n) is 6.75. The highest BCUT2D eigenvalue weighted by atomic mass is 16.6. The smallest absolute Gasteiger partial charge is 0.158 e. The summed E-state index contributed by atoms with van der Waals surface area (Å²) >= 11 is 0. The second-order valence-corrected chi connectivity index (χ2v) is 5.78. The van der Waals surface area contributed by atoms with Crippen LogP contribution in [0.25, 0.3) is 0 Å². The Morgan fingerprint density at radius 2 is 1.50 bits per heavy atom. The Hall–Kier alpha value is -0.120. The van der Waals surface area contributed by atoms with Crippen molar-refractivity contribution >= 4 is 0 Å². The highest BCUT2D eigenvalue weighted by Gasteiger charge is 2.51. The topological polar surface area (TPSA) is 49.7 Å². The van der Waals surface area contributed by atoms with Crippen LogP contribution in [0.5, 0.6) is 0 Å². The van der Waals surface area contributed by atoms with Crippen molar-refractivity contribution < 1.29 is 14.9 Å². The first-order chi connectivity index (χ1) is 7.81. The van der Waals surface area contributed by atoms with Crippen LogP contribution in [0.1, 0.15) is 38.5 Å². The van der Waals surface area contributed by atoms with Crippen LogP contribution in [0.2, 0.25) is 0 Å². The van der Waals surface area contributed by atoms with Crippen molar-refractivity contribution in [2.75, 3.05) is 6.61 Å². The van der Waals surface area contributed by atoms with Crippen molar-refractivity contribution in [3.63, 3.8) is 0 Å². The quantitative estimate of drug-likeness (QED) is 0.767. The van der Waals surface area contributed by atoms with Gasteiger partial charge in [-0.2, -0.15) is 0 Å². The van der Waals surface area contributed by atoms with E-state index in [9.17, 15) is 10.2 Å². The molecule has 2 aliphatic carbocycles. The molecule has 0 radical (unpaired) electrons. The van der Waals surface area contributed by atoms with Crippen LogP contribution < -0.4 is 0 Å². The zero-order valence-corrected chi connectivity index (χ0v) is 9.72. The summed E-state index contributed by atoms with van der Waals surface area (Å²) in [5, 5.41) is 19.4. The molecule has 0 spiro atoms. The third-order valence-corrected chi connectivity index (χ3v) is 5.09. The molecule has 0 amide bonds. The monoisotopic (exact) mass is 226 g/mol. The molecule has 4 atom stereocenters. The van der Waals surface area contributed by atoms with Gasteiger partial charge in [0.25, 0.3) is 0 Å². The predicted octanol–water partition coefficient (Wildman–Crippen LogP) is 1.53. The molecule has 2 saturated carbocycles. The Kier molecular flexibility index (Phi) is 2.94. The summed E-state index contributed by atoms with van der Waals surface area (Å²) in [6, 6.07) is 0. The maximum absolute atomic E-state index is 10.0. The highest BCUT2D eigenvalue weighted by molar-refractivity contribution is 4.97. The molecule has 1 aliphatic heterocycles. The largest absolute Gasteiger partial charge is 0.394 e. The predicted molar refractivity (Wildman–Crippen MR) is 59.6 cm³/mol. The van der Waals surface area contributed by atoms with Crippen LogP contribution in [-0.2, 0) is 4.74 Å². The van der Waals surface area contributed by atoms with Crippen LogP contribution in [0, 0.1) is 23.7 Å². The lowest BCUT2D eigenvalue weighted by atomic mass is 9.62. The van der Waals surface area contributed by atoms with Crippen LogP contribution in [-0.4, -0.2) is 29.2 Å². The van der Waals surface area contributed by atoms with E-state index < -0.39 is 6.29 Å². The Bertz CT molecular complexity index is 248. The zero-order valence-electron chi connectivity index (χ0n) is 9.72. The summed E-state index contributed by atoms with van der Waals surface area (Å²) in [7, 11) is 0. The summed E-state index contributed by atoms with van der Waals surface area (Å²) in [6.45, 7) is 0.0709. The van der Waals surface area contributed by atoms with Gasteiger partial charge in [0.2, 0.25) is 0 Å². The number of rotatable bonds is 3. The first-order valence-corrected chi connectivity index (χ1v) is 6.75. The summed E-state index contributed by atoms with van der Waals surface area (Å²) < 4.78 is 5.55. The number of hydrogen-bond acceptors (Lipinski definition) is 3. The fourth-order valence-corrected chi connectivity index (χ4v) is 3.78. The van der Waals surface area contributed by atoms with Gasteiger partial charge in [-0.3, -0.25) is 0 Å². The van der Waals surface area contributed by atoms with Crippen LogP contribution in [0.3, 0.4) is 0 Å². The average Bonchev–Trinajstić information content (AvgIpc) is 2.41. The Morgan fingerprint density at radius 1 is 0.938 bits per heavy atom. The zero-order chi connectivity index (χ0) is 11.1. The van der Waals surface area contributed by atoms with Crippen molar-refractivity contribution in [3.8, 4) is 0 Å². The summed E-state index contributed by atoms with van der Waals surface area (Å²) in [6.07, 6.45) is 6.90. The van der Waals surface area contributed by atoms with Crippen molar-refractivity contribution in [3.05, 3.63) is 0 Å². The molecular weight excluding hydrogens is 204 g/mol. The minimum absolute atomic E-state index is 0.0709. The Balaban J connectivity index is 1.76. The van der Waals surface area contributed by atoms with E-state index in [0.29, 0.717) is 23.7 Å². The average molecular weight is 226 g/mol. The third kappa shape index (κ3) is 1.60. The minimum Gasteiger partial charge on any atom is -0.394 e. The van der Waals surface area contributed by atoms with Gasteiger partial charge < -0.3 is 14.9 Å². The fraction of sp³-hybridized carbons (Fsp3) is 1.00. The first kappa shape index (κ1) is 11.0. The summed E-state index contributed by atoms with van der Waals surface area (Å²) in [5.74, 6) is 2.06. The molecule has 0 aromatic heterocycles. The van der Waals surface area contributed by atoms with E-state index in [4.69, 9.17) is 4.74 Å². The van der Waals surface area contributed by atoms with Gasteiger partial charge in [-0.1, -0.05) is 25.7 Å². The maximum atomic E-state index is 10.0. The lowest BCUT2D eigenvalue weighted by Crippen LogP contribution is -2.40. The van der Waals surface area contributed by atoms with E-state index in [2.05, 4.69) is 0 Å². The maximum Gasteiger partial charge on any atom is 0.158 e. The van der Waals surface area contributed by atoms with Crippen LogP contribution in [0.4, 0.5) is 0 Å². The minimum atomic E-state index is -0.618. The highest BCUT2D eigenvalue weighted by Crippen LogP contribution is 2.51. The molecule has 3 heteroatoms. The molecule has 0 aromatic carbocycles.